The summed E-state index contributed by atoms with van der Waals surface area (Å²) in [6, 6.07) is 18.5. The summed E-state index contributed by atoms with van der Waals surface area (Å²) in [6.45, 7) is 2.24. The van der Waals surface area contributed by atoms with Crippen LogP contribution in [-0.2, 0) is 17.8 Å². The first-order valence-electron chi connectivity index (χ1n) is 18.4. The van der Waals surface area contributed by atoms with Crippen LogP contribution in [0, 0.1) is 0 Å². The summed E-state index contributed by atoms with van der Waals surface area (Å²) in [7, 11) is 9.14. The van der Waals surface area contributed by atoms with Gasteiger partial charge in [-0.2, -0.15) is 10.1 Å². The highest BCUT2D eigenvalue weighted by Crippen LogP contribution is 2.40. The van der Waals surface area contributed by atoms with E-state index >= 15 is 0 Å². The Bertz CT molecular complexity index is 2020. The van der Waals surface area contributed by atoms with Crippen LogP contribution in [0.15, 0.2) is 60.8 Å². The van der Waals surface area contributed by atoms with E-state index in [1.165, 1.54) is 32.1 Å². The Morgan fingerprint density at radius 2 is 1.60 bits per heavy atom. The van der Waals surface area contributed by atoms with Gasteiger partial charge in [-0.1, -0.05) is 67.3 Å². The van der Waals surface area contributed by atoms with Gasteiger partial charge >= 0.3 is 0 Å². The number of aromatic nitrogens is 4. The minimum atomic E-state index is -0.532. The fraction of sp³-hybridized carbons (Fsp3) is 0.439. The summed E-state index contributed by atoms with van der Waals surface area (Å²) in [5.74, 6) is 2.36. The van der Waals surface area contributed by atoms with Gasteiger partial charge in [-0.3, -0.25) is 9.80 Å². The quantitative estimate of drug-likeness (QED) is 0.141. The second-order valence-electron chi connectivity index (χ2n) is 14.1. The minimum absolute atomic E-state index is 0.00324. The lowest BCUT2D eigenvalue weighted by molar-refractivity contribution is -0.0606. The van der Waals surface area contributed by atoms with Gasteiger partial charge in [-0.15, -0.1) is 0 Å². The third-order valence-corrected chi connectivity index (χ3v) is 11.3. The van der Waals surface area contributed by atoms with Crippen LogP contribution >= 0.6 is 11.6 Å². The zero-order valence-electron chi connectivity index (χ0n) is 31.2. The first kappa shape index (κ1) is 37.1. The van der Waals surface area contributed by atoms with Gasteiger partial charge in [-0.05, 0) is 51.1 Å². The Kier molecular flexibility index (Phi) is 11.5. The first-order valence-corrected chi connectivity index (χ1v) is 18.8. The van der Waals surface area contributed by atoms with Crippen LogP contribution in [0.2, 0.25) is 5.02 Å². The smallest absolute Gasteiger partial charge is 0.223 e. The number of ether oxygens (including phenoxy) is 4. The number of hydrogen-bond donors (Lipinski definition) is 1. The van der Waals surface area contributed by atoms with Crippen molar-refractivity contribution in [1.82, 2.24) is 29.5 Å². The third-order valence-electron chi connectivity index (χ3n) is 10.9. The standard InChI is InChI=1S/C41H49ClN6O5/c1-46(27-11-7-6-8-12-27)24-32-37(50-3)21-38(45-41(32)52-5)48-34-16-10-13-28(31(34)22-43-48)29-14-9-15-30(39(29)42)33-18-17-26(40(44-33)51-4)23-47(2)35-19-20-53-25-36(35)49/h9-10,13-18,21-22,27,35-36,49H,6-8,11-12,19-20,23-25H2,1-5H3. The molecule has 7 rings (SSSR count). The van der Waals surface area contributed by atoms with E-state index in [2.05, 4.69) is 22.9 Å². The lowest BCUT2D eigenvalue weighted by Crippen LogP contribution is -2.46. The molecule has 1 N–H and O–H groups in total. The van der Waals surface area contributed by atoms with E-state index in [9.17, 15) is 5.11 Å². The number of pyridine rings is 2. The maximum absolute atomic E-state index is 10.5. The maximum atomic E-state index is 10.5. The molecular weight excluding hydrogens is 692 g/mol. The van der Waals surface area contributed by atoms with Crippen molar-refractivity contribution in [2.75, 3.05) is 48.6 Å². The second kappa shape index (κ2) is 16.4. The number of methoxy groups -OCH3 is 3. The molecule has 2 aromatic carbocycles. The van der Waals surface area contributed by atoms with Crippen LogP contribution in [0.1, 0.15) is 49.7 Å². The predicted octanol–water partition coefficient (Wildman–Crippen LogP) is 7.17. The van der Waals surface area contributed by atoms with Gasteiger partial charge in [0.15, 0.2) is 5.82 Å². The topological polar surface area (TPSA) is 107 Å². The Morgan fingerprint density at radius 3 is 2.36 bits per heavy atom. The van der Waals surface area contributed by atoms with Gasteiger partial charge in [0.1, 0.15) is 5.75 Å². The van der Waals surface area contributed by atoms with E-state index < -0.39 is 6.10 Å². The average Bonchev–Trinajstić information content (AvgIpc) is 3.63. The number of aliphatic hydroxyl groups is 1. The molecule has 11 nitrogen and oxygen atoms in total. The van der Waals surface area contributed by atoms with Crippen molar-refractivity contribution in [3.63, 3.8) is 0 Å². The molecule has 2 aliphatic rings. The minimum Gasteiger partial charge on any atom is -0.496 e. The molecule has 2 atom stereocenters. The lowest BCUT2D eigenvalue weighted by atomic mass is 9.94. The van der Waals surface area contributed by atoms with Crippen LogP contribution in [-0.4, -0.2) is 101 Å². The van der Waals surface area contributed by atoms with E-state index in [1.807, 2.05) is 66.5 Å². The van der Waals surface area contributed by atoms with Gasteiger partial charge in [0.05, 0.1) is 62.0 Å². The normalized spacial score (nSPS) is 18.2. The van der Waals surface area contributed by atoms with Gasteiger partial charge in [0.25, 0.3) is 0 Å². The summed E-state index contributed by atoms with van der Waals surface area (Å²) in [6.07, 6.45) is 8.35. The van der Waals surface area contributed by atoms with E-state index in [1.54, 1.807) is 21.3 Å². The van der Waals surface area contributed by atoms with Crippen LogP contribution in [0.25, 0.3) is 39.1 Å². The van der Waals surface area contributed by atoms with Crippen molar-refractivity contribution in [3.8, 4) is 45.7 Å². The summed E-state index contributed by atoms with van der Waals surface area (Å²) < 4.78 is 24.8. The molecule has 2 fully saturated rings. The van der Waals surface area contributed by atoms with Gasteiger partial charge in [-0.25, -0.2) is 9.67 Å². The van der Waals surface area contributed by atoms with Crippen molar-refractivity contribution in [2.45, 2.75) is 69.8 Å². The molecule has 0 bridgehead atoms. The highest BCUT2D eigenvalue weighted by Gasteiger charge is 2.28. The highest BCUT2D eigenvalue weighted by atomic mass is 35.5. The number of benzene rings is 2. The second-order valence-corrected chi connectivity index (χ2v) is 14.5. The van der Waals surface area contributed by atoms with Crippen LogP contribution < -0.4 is 14.2 Å². The largest absolute Gasteiger partial charge is 0.496 e. The Balaban J connectivity index is 1.19. The molecule has 0 spiro atoms. The number of hydrogen-bond acceptors (Lipinski definition) is 10. The van der Waals surface area contributed by atoms with E-state index in [0.717, 1.165) is 45.1 Å². The van der Waals surface area contributed by atoms with Gasteiger partial charge < -0.3 is 24.1 Å². The molecule has 4 heterocycles. The van der Waals surface area contributed by atoms with Gasteiger partial charge in [0.2, 0.25) is 11.8 Å². The molecule has 1 aliphatic heterocycles. The van der Waals surface area contributed by atoms with Gasteiger partial charge in [0, 0.05) is 59.9 Å². The molecular formula is C41H49ClN6O5. The molecule has 12 heteroatoms. The SMILES string of the molecule is COc1cc(-n2ncc3c(-c4cccc(-c5ccc(CN(C)C6CCOCC6O)c(OC)n5)c4Cl)cccc32)nc(OC)c1CN(C)C1CCCCC1. The Labute approximate surface area is 316 Å². The molecule has 0 amide bonds. The van der Waals surface area contributed by atoms with Crippen molar-refractivity contribution in [2.24, 2.45) is 0 Å². The van der Waals surface area contributed by atoms with E-state index in [-0.39, 0.29) is 6.04 Å². The summed E-state index contributed by atoms with van der Waals surface area (Å²) in [4.78, 5) is 14.4. The molecule has 1 saturated carbocycles. The fourth-order valence-electron chi connectivity index (χ4n) is 7.95. The van der Waals surface area contributed by atoms with Crippen LogP contribution in [0.5, 0.6) is 17.5 Å². The zero-order chi connectivity index (χ0) is 37.1. The molecule has 0 radical (unpaired) electrons. The molecule has 3 aromatic heterocycles. The number of halogens is 1. The summed E-state index contributed by atoms with van der Waals surface area (Å²) in [5.41, 5.74) is 6.00. The molecule has 53 heavy (non-hydrogen) atoms. The number of fused-ring (bicyclic) bond motifs is 1. The maximum Gasteiger partial charge on any atom is 0.223 e. The predicted molar refractivity (Wildman–Crippen MR) is 207 cm³/mol. The number of rotatable bonds is 12. The van der Waals surface area contributed by atoms with E-state index in [0.29, 0.717) is 66.4 Å². The lowest BCUT2D eigenvalue weighted by Gasteiger charge is -2.35. The Hall–Kier alpha value is -4.26. The van der Waals surface area contributed by atoms with Crippen LogP contribution in [0.4, 0.5) is 0 Å². The molecule has 280 valence electrons. The van der Waals surface area contributed by atoms with Crippen molar-refractivity contribution < 1.29 is 24.1 Å². The van der Waals surface area contributed by atoms with Crippen LogP contribution in [0.3, 0.4) is 0 Å². The summed E-state index contributed by atoms with van der Waals surface area (Å²) in [5, 5.41) is 16.8. The number of likely N-dealkylation sites (N-methyl/N-ethyl adjacent to an activating group) is 1. The zero-order valence-corrected chi connectivity index (χ0v) is 32.0. The summed E-state index contributed by atoms with van der Waals surface area (Å²) >= 11 is 7.23. The van der Waals surface area contributed by atoms with Crippen molar-refractivity contribution in [3.05, 3.63) is 76.9 Å². The molecule has 1 saturated heterocycles. The van der Waals surface area contributed by atoms with Crippen molar-refractivity contribution >= 4 is 22.5 Å². The van der Waals surface area contributed by atoms with E-state index in [4.69, 9.17) is 45.6 Å². The molecule has 5 aromatic rings. The highest BCUT2D eigenvalue weighted by molar-refractivity contribution is 6.36. The van der Waals surface area contributed by atoms with Crippen molar-refractivity contribution in [1.29, 1.82) is 0 Å². The Morgan fingerprint density at radius 1 is 0.849 bits per heavy atom. The third kappa shape index (κ3) is 7.59. The monoisotopic (exact) mass is 740 g/mol. The molecule has 2 unspecified atom stereocenters. The number of nitrogens with zero attached hydrogens (tertiary/aromatic N) is 6. The molecule has 1 aliphatic carbocycles. The fourth-order valence-corrected chi connectivity index (χ4v) is 8.28. The number of aliphatic hydroxyl groups excluding tert-OH is 1. The first-order chi connectivity index (χ1) is 25.8. The average molecular weight is 741 g/mol.